The Morgan fingerprint density at radius 3 is 2.50 bits per heavy atom. The maximum atomic E-state index is 12.4. The Hall–Kier alpha value is -1.16. The largest absolute Gasteiger partial charge is 0.434 e. The van der Waals surface area contributed by atoms with Gasteiger partial charge in [-0.3, -0.25) is 0 Å². The minimum absolute atomic E-state index is 0.0369. The van der Waals surface area contributed by atoms with E-state index in [1.165, 1.54) is 0 Å². The van der Waals surface area contributed by atoms with Gasteiger partial charge in [0, 0.05) is 11.6 Å². The third kappa shape index (κ3) is 4.26. The van der Waals surface area contributed by atoms with Crippen molar-refractivity contribution < 1.29 is 13.5 Å². The molecule has 18 heavy (non-hydrogen) atoms. The van der Waals surface area contributed by atoms with E-state index < -0.39 is 6.61 Å². The number of hydrogen-bond donors (Lipinski definition) is 1. The molecule has 0 aromatic heterocycles. The number of benzene rings is 1. The number of ether oxygens (including phenoxy) is 1. The summed E-state index contributed by atoms with van der Waals surface area (Å²) in [6.07, 6.45) is 1.96. The van der Waals surface area contributed by atoms with Crippen LogP contribution in [-0.2, 0) is 0 Å². The van der Waals surface area contributed by atoms with Crippen molar-refractivity contribution in [1.29, 1.82) is 0 Å². The molecule has 1 aromatic rings. The van der Waals surface area contributed by atoms with Gasteiger partial charge in [-0.2, -0.15) is 8.78 Å². The van der Waals surface area contributed by atoms with Crippen molar-refractivity contribution in [2.24, 2.45) is 5.92 Å². The van der Waals surface area contributed by atoms with E-state index >= 15 is 0 Å². The Balaban J connectivity index is 2.90. The van der Waals surface area contributed by atoms with E-state index in [2.05, 4.69) is 23.9 Å². The third-order valence-corrected chi connectivity index (χ3v) is 3.19. The van der Waals surface area contributed by atoms with E-state index in [4.69, 9.17) is 0 Å². The summed E-state index contributed by atoms with van der Waals surface area (Å²) in [5.41, 5.74) is 0.792. The van der Waals surface area contributed by atoms with Crippen LogP contribution >= 0.6 is 0 Å². The van der Waals surface area contributed by atoms with Gasteiger partial charge in [0.05, 0.1) is 0 Å². The Labute approximate surface area is 107 Å². The van der Waals surface area contributed by atoms with E-state index in [-0.39, 0.29) is 11.8 Å². The van der Waals surface area contributed by atoms with E-state index in [1.807, 2.05) is 19.2 Å². The number of para-hydroxylation sites is 1. The molecule has 0 bridgehead atoms. The van der Waals surface area contributed by atoms with E-state index in [0.29, 0.717) is 5.92 Å². The summed E-state index contributed by atoms with van der Waals surface area (Å²) in [6.45, 7) is 1.49. The summed E-state index contributed by atoms with van der Waals surface area (Å²) in [5.74, 6) is 0.789. The maximum absolute atomic E-state index is 12.4. The summed E-state index contributed by atoms with van der Waals surface area (Å²) >= 11 is 0. The van der Waals surface area contributed by atoms with Crippen molar-refractivity contribution in [3.05, 3.63) is 29.8 Å². The molecular formula is C14H21F2NO. The van der Waals surface area contributed by atoms with Crippen molar-refractivity contribution >= 4 is 0 Å². The minimum Gasteiger partial charge on any atom is -0.434 e. The van der Waals surface area contributed by atoms with Crippen LogP contribution in [0.5, 0.6) is 5.75 Å². The predicted molar refractivity (Wildman–Crippen MR) is 68.9 cm³/mol. The molecule has 0 fully saturated rings. The second-order valence-electron chi connectivity index (χ2n) is 4.51. The first kappa shape index (κ1) is 14.9. The Morgan fingerprint density at radius 1 is 1.28 bits per heavy atom. The van der Waals surface area contributed by atoms with Gasteiger partial charge < -0.3 is 10.1 Å². The van der Waals surface area contributed by atoms with Gasteiger partial charge in [-0.1, -0.05) is 38.5 Å². The van der Waals surface area contributed by atoms with E-state index in [9.17, 15) is 8.78 Å². The van der Waals surface area contributed by atoms with Crippen molar-refractivity contribution in [3.8, 4) is 5.75 Å². The zero-order chi connectivity index (χ0) is 13.5. The molecular weight excluding hydrogens is 236 g/mol. The summed E-state index contributed by atoms with van der Waals surface area (Å²) < 4.78 is 29.3. The molecule has 1 aromatic carbocycles. The first-order valence-corrected chi connectivity index (χ1v) is 6.29. The highest BCUT2D eigenvalue weighted by atomic mass is 19.3. The maximum Gasteiger partial charge on any atom is 0.387 e. The van der Waals surface area contributed by atoms with Crippen LogP contribution in [-0.4, -0.2) is 13.7 Å². The second-order valence-corrected chi connectivity index (χ2v) is 4.51. The predicted octanol–water partition coefficient (Wildman–Crippen LogP) is 3.98. The van der Waals surface area contributed by atoms with Crippen molar-refractivity contribution in [2.45, 2.75) is 39.3 Å². The fraction of sp³-hybridized carbons (Fsp3) is 0.571. The molecule has 0 aliphatic rings. The molecule has 0 radical (unpaired) electrons. The fourth-order valence-corrected chi connectivity index (χ4v) is 1.94. The van der Waals surface area contributed by atoms with Crippen molar-refractivity contribution in [2.75, 3.05) is 7.05 Å². The third-order valence-electron chi connectivity index (χ3n) is 3.19. The topological polar surface area (TPSA) is 21.3 Å². The lowest BCUT2D eigenvalue weighted by Crippen LogP contribution is -2.20. The van der Waals surface area contributed by atoms with Crippen molar-refractivity contribution in [3.63, 3.8) is 0 Å². The molecule has 0 saturated heterocycles. The summed E-state index contributed by atoms with van der Waals surface area (Å²) in [5, 5.41) is 3.17. The monoisotopic (exact) mass is 257 g/mol. The van der Waals surface area contributed by atoms with Gasteiger partial charge in [-0.15, -0.1) is 0 Å². The van der Waals surface area contributed by atoms with Crippen LogP contribution < -0.4 is 10.1 Å². The second kappa shape index (κ2) is 7.31. The summed E-state index contributed by atoms with van der Waals surface area (Å²) in [7, 11) is 1.84. The quantitative estimate of drug-likeness (QED) is 0.797. The van der Waals surface area contributed by atoms with Crippen LogP contribution in [0.25, 0.3) is 0 Å². The van der Waals surface area contributed by atoms with Gasteiger partial charge in [0.25, 0.3) is 0 Å². The SMILES string of the molecule is CCC(C)CC(NC)c1ccccc1OC(F)F. The van der Waals surface area contributed by atoms with Gasteiger partial charge in [-0.05, 0) is 25.5 Å². The fourth-order valence-electron chi connectivity index (χ4n) is 1.94. The zero-order valence-electron chi connectivity index (χ0n) is 11.1. The molecule has 2 nitrogen and oxygen atoms in total. The van der Waals surface area contributed by atoms with Crippen LogP contribution in [0.2, 0.25) is 0 Å². The van der Waals surface area contributed by atoms with Crippen LogP contribution in [0.1, 0.15) is 38.3 Å². The van der Waals surface area contributed by atoms with E-state index in [1.54, 1.807) is 12.1 Å². The average Bonchev–Trinajstić information content (AvgIpc) is 2.36. The van der Waals surface area contributed by atoms with Crippen LogP contribution in [0.15, 0.2) is 24.3 Å². The molecule has 102 valence electrons. The highest BCUT2D eigenvalue weighted by molar-refractivity contribution is 5.36. The molecule has 0 aliphatic carbocycles. The van der Waals surface area contributed by atoms with Gasteiger partial charge >= 0.3 is 6.61 Å². The smallest absolute Gasteiger partial charge is 0.387 e. The number of rotatable bonds is 7. The average molecular weight is 257 g/mol. The molecule has 0 heterocycles. The first-order valence-electron chi connectivity index (χ1n) is 6.29. The number of nitrogens with one attached hydrogen (secondary N) is 1. The van der Waals surface area contributed by atoms with Crippen LogP contribution in [0.4, 0.5) is 8.78 Å². The van der Waals surface area contributed by atoms with Gasteiger partial charge in [0.15, 0.2) is 0 Å². The number of halogens is 2. The lowest BCUT2D eigenvalue weighted by molar-refractivity contribution is -0.0507. The van der Waals surface area contributed by atoms with E-state index in [0.717, 1.165) is 18.4 Å². The molecule has 0 amide bonds. The molecule has 0 spiro atoms. The summed E-state index contributed by atoms with van der Waals surface area (Å²) in [6, 6.07) is 7.00. The molecule has 0 saturated carbocycles. The molecule has 1 N–H and O–H groups in total. The Bertz CT molecular complexity index is 357. The highest BCUT2D eigenvalue weighted by Crippen LogP contribution is 2.30. The first-order chi connectivity index (χ1) is 8.58. The normalized spacial score (nSPS) is 14.6. The van der Waals surface area contributed by atoms with Gasteiger partial charge in [-0.25, -0.2) is 0 Å². The Morgan fingerprint density at radius 2 is 1.94 bits per heavy atom. The molecule has 0 aliphatic heterocycles. The lowest BCUT2D eigenvalue weighted by atomic mass is 9.94. The lowest BCUT2D eigenvalue weighted by Gasteiger charge is -2.22. The standard InChI is InChI=1S/C14H21F2NO/c1-4-10(2)9-12(17-3)11-7-5-6-8-13(11)18-14(15)16/h5-8,10,12,14,17H,4,9H2,1-3H3. The molecule has 4 heteroatoms. The molecule has 2 unspecified atom stereocenters. The number of hydrogen-bond acceptors (Lipinski definition) is 2. The Kier molecular flexibility index (Phi) is 6.05. The van der Waals surface area contributed by atoms with Crippen LogP contribution in [0, 0.1) is 5.92 Å². The highest BCUT2D eigenvalue weighted by Gasteiger charge is 2.18. The summed E-state index contributed by atoms with van der Waals surface area (Å²) in [4.78, 5) is 0. The van der Waals surface area contributed by atoms with Crippen molar-refractivity contribution in [1.82, 2.24) is 5.32 Å². The van der Waals surface area contributed by atoms with Gasteiger partial charge in [0.1, 0.15) is 5.75 Å². The zero-order valence-corrected chi connectivity index (χ0v) is 11.1. The molecule has 1 rings (SSSR count). The van der Waals surface area contributed by atoms with Gasteiger partial charge in [0.2, 0.25) is 0 Å². The van der Waals surface area contributed by atoms with Crippen LogP contribution in [0.3, 0.4) is 0 Å². The minimum atomic E-state index is -2.78. The molecule has 2 atom stereocenters. The number of alkyl halides is 2.